The smallest absolute Gasteiger partial charge is 0.0907 e. The van der Waals surface area contributed by atoms with Crippen LogP contribution in [0.1, 0.15) is 17.5 Å². The molecule has 1 heterocycles. The molecule has 0 atom stereocenters. The number of nitrogens with zero attached hydrogens (tertiary/aromatic N) is 1. The number of aryl methyl sites for hydroxylation is 1. The molecule has 0 aliphatic carbocycles. The minimum Gasteiger partial charge on any atom is -0.327 e. The van der Waals surface area contributed by atoms with Crippen molar-refractivity contribution in [2.24, 2.45) is 5.73 Å². The van der Waals surface area contributed by atoms with Gasteiger partial charge in [0.15, 0.2) is 0 Å². The van der Waals surface area contributed by atoms with Crippen molar-refractivity contribution in [3.8, 4) is 0 Å². The van der Waals surface area contributed by atoms with Gasteiger partial charge in [0, 0.05) is 6.54 Å². The van der Waals surface area contributed by atoms with Crippen molar-refractivity contribution < 1.29 is 0 Å². The molecule has 3 heteroatoms. The zero-order valence-electron chi connectivity index (χ0n) is 8.95. The van der Waals surface area contributed by atoms with Crippen molar-refractivity contribution in [2.45, 2.75) is 13.8 Å². The second kappa shape index (κ2) is 4.13. The SMILES string of the molecule is CC(=CCN)c1ccc2nc(C)sc2c1. The standard InChI is InChI=1S/C12H14N2S/c1-8(5-6-13)10-3-4-11-12(7-10)15-9(2)14-11/h3-5,7H,6,13H2,1-2H3. The molecule has 0 spiro atoms. The molecule has 0 saturated heterocycles. The number of rotatable bonds is 2. The number of thiazole rings is 1. The average Bonchev–Trinajstić information content (AvgIpc) is 2.57. The number of hydrogen-bond acceptors (Lipinski definition) is 3. The molecule has 2 aromatic rings. The average molecular weight is 218 g/mol. The third-order valence-corrected chi connectivity index (χ3v) is 3.31. The number of allylic oxidation sites excluding steroid dienone is 1. The normalized spacial score (nSPS) is 12.3. The van der Waals surface area contributed by atoms with Gasteiger partial charge in [-0.25, -0.2) is 4.98 Å². The van der Waals surface area contributed by atoms with Crippen LogP contribution >= 0.6 is 11.3 Å². The van der Waals surface area contributed by atoms with Crippen molar-refractivity contribution in [1.29, 1.82) is 0 Å². The van der Waals surface area contributed by atoms with E-state index in [1.807, 2.05) is 13.0 Å². The lowest BCUT2D eigenvalue weighted by Crippen LogP contribution is -1.94. The minimum atomic E-state index is 0.589. The first-order valence-corrected chi connectivity index (χ1v) is 5.77. The van der Waals surface area contributed by atoms with Crippen molar-refractivity contribution in [1.82, 2.24) is 4.98 Å². The fourth-order valence-corrected chi connectivity index (χ4v) is 2.45. The summed E-state index contributed by atoms with van der Waals surface area (Å²) in [5.41, 5.74) is 9.04. The first kappa shape index (κ1) is 10.3. The Morgan fingerprint density at radius 1 is 1.53 bits per heavy atom. The van der Waals surface area contributed by atoms with Crippen LogP contribution in [0.15, 0.2) is 24.3 Å². The van der Waals surface area contributed by atoms with Crippen molar-refractivity contribution in [2.75, 3.05) is 6.54 Å². The highest BCUT2D eigenvalue weighted by atomic mass is 32.1. The monoisotopic (exact) mass is 218 g/mol. The molecule has 0 radical (unpaired) electrons. The summed E-state index contributed by atoms with van der Waals surface area (Å²) in [6.07, 6.45) is 2.04. The second-order valence-electron chi connectivity index (χ2n) is 3.54. The second-order valence-corrected chi connectivity index (χ2v) is 4.77. The number of fused-ring (bicyclic) bond motifs is 1. The Labute approximate surface area is 93.4 Å². The van der Waals surface area contributed by atoms with Crippen LogP contribution in [0.5, 0.6) is 0 Å². The van der Waals surface area contributed by atoms with Crippen LogP contribution in [0, 0.1) is 6.92 Å². The highest BCUT2D eigenvalue weighted by Crippen LogP contribution is 2.25. The molecule has 0 unspecified atom stereocenters. The minimum absolute atomic E-state index is 0.589. The molecular weight excluding hydrogens is 204 g/mol. The number of aromatic nitrogens is 1. The summed E-state index contributed by atoms with van der Waals surface area (Å²) < 4.78 is 1.25. The largest absolute Gasteiger partial charge is 0.327 e. The summed E-state index contributed by atoms with van der Waals surface area (Å²) in [4.78, 5) is 4.43. The van der Waals surface area contributed by atoms with Gasteiger partial charge in [-0.1, -0.05) is 12.1 Å². The fourth-order valence-electron chi connectivity index (χ4n) is 1.58. The van der Waals surface area contributed by atoms with E-state index in [4.69, 9.17) is 5.73 Å². The molecule has 2 nitrogen and oxygen atoms in total. The van der Waals surface area contributed by atoms with Gasteiger partial charge < -0.3 is 5.73 Å². The molecule has 0 aliphatic rings. The zero-order chi connectivity index (χ0) is 10.8. The van der Waals surface area contributed by atoms with Crippen LogP contribution in [0.25, 0.3) is 15.8 Å². The molecule has 2 N–H and O–H groups in total. The Morgan fingerprint density at radius 3 is 3.07 bits per heavy atom. The molecular formula is C12H14N2S. The van der Waals surface area contributed by atoms with Crippen LogP contribution in [0.4, 0.5) is 0 Å². The lowest BCUT2D eigenvalue weighted by Gasteiger charge is -2.00. The van der Waals surface area contributed by atoms with E-state index < -0.39 is 0 Å². The Morgan fingerprint density at radius 2 is 2.33 bits per heavy atom. The van der Waals surface area contributed by atoms with E-state index in [1.54, 1.807) is 11.3 Å². The quantitative estimate of drug-likeness (QED) is 0.841. The molecule has 0 saturated carbocycles. The van der Waals surface area contributed by atoms with Crippen molar-refractivity contribution in [3.05, 3.63) is 34.8 Å². The molecule has 1 aromatic heterocycles. The topological polar surface area (TPSA) is 38.9 Å². The van der Waals surface area contributed by atoms with Crippen LogP contribution in [0.3, 0.4) is 0 Å². The molecule has 15 heavy (non-hydrogen) atoms. The molecule has 0 bridgehead atoms. The highest BCUT2D eigenvalue weighted by Gasteiger charge is 2.02. The summed E-state index contributed by atoms with van der Waals surface area (Å²) in [5.74, 6) is 0. The number of hydrogen-bond donors (Lipinski definition) is 1. The Balaban J connectivity index is 2.50. The van der Waals surface area contributed by atoms with Crippen LogP contribution in [-0.2, 0) is 0 Å². The van der Waals surface area contributed by atoms with Gasteiger partial charge in [-0.2, -0.15) is 0 Å². The Hall–Kier alpha value is -1.19. The van der Waals surface area contributed by atoms with E-state index in [1.165, 1.54) is 15.8 Å². The van der Waals surface area contributed by atoms with E-state index >= 15 is 0 Å². The lowest BCUT2D eigenvalue weighted by atomic mass is 10.1. The maximum absolute atomic E-state index is 5.50. The molecule has 0 aliphatic heterocycles. The van der Waals surface area contributed by atoms with Gasteiger partial charge in [0.05, 0.1) is 15.2 Å². The summed E-state index contributed by atoms with van der Waals surface area (Å²) >= 11 is 1.73. The van der Waals surface area contributed by atoms with E-state index in [2.05, 4.69) is 30.1 Å². The molecule has 0 amide bonds. The molecule has 1 aromatic carbocycles. The molecule has 2 rings (SSSR count). The number of benzene rings is 1. The first-order chi connectivity index (χ1) is 7.20. The van der Waals surface area contributed by atoms with Crippen molar-refractivity contribution >= 4 is 27.1 Å². The van der Waals surface area contributed by atoms with Gasteiger partial charge in [-0.3, -0.25) is 0 Å². The summed E-state index contributed by atoms with van der Waals surface area (Å²) in [6, 6.07) is 6.35. The number of nitrogens with two attached hydrogens (primary N) is 1. The van der Waals surface area contributed by atoms with Gasteiger partial charge in [0.2, 0.25) is 0 Å². The molecule has 0 fully saturated rings. The maximum Gasteiger partial charge on any atom is 0.0907 e. The van der Waals surface area contributed by atoms with Crippen LogP contribution < -0.4 is 5.73 Å². The van der Waals surface area contributed by atoms with Gasteiger partial charge in [0.1, 0.15) is 0 Å². The lowest BCUT2D eigenvalue weighted by molar-refractivity contribution is 1.25. The van der Waals surface area contributed by atoms with Gasteiger partial charge in [-0.05, 0) is 37.1 Å². The Bertz CT molecular complexity index is 511. The van der Waals surface area contributed by atoms with Gasteiger partial charge in [-0.15, -0.1) is 11.3 Å². The first-order valence-electron chi connectivity index (χ1n) is 4.95. The zero-order valence-corrected chi connectivity index (χ0v) is 9.77. The van der Waals surface area contributed by atoms with Gasteiger partial charge in [0.25, 0.3) is 0 Å². The predicted octanol–water partition coefficient (Wildman–Crippen LogP) is 2.97. The highest BCUT2D eigenvalue weighted by molar-refractivity contribution is 7.18. The van der Waals surface area contributed by atoms with E-state index in [0.29, 0.717) is 6.54 Å². The summed E-state index contributed by atoms with van der Waals surface area (Å²) in [7, 11) is 0. The third kappa shape index (κ3) is 2.08. The van der Waals surface area contributed by atoms with Gasteiger partial charge >= 0.3 is 0 Å². The molecule has 78 valence electrons. The van der Waals surface area contributed by atoms with E-state index in [0.717, 1.165) is 10.5 Å². The van der Waals surface area contributed by atoms with Crippen LogP contribution in [-0.4, -0.2) is 11.5 Å². The summed E-state index contributed by atoms with van der Waals surface area (Å²) in [5, 5.41) is 1.11. The van der Waals surface area contributed by atoms with Crippen molar-refractivity contribution in [3.63, 3.8) is 0 Å². The third-order valence-electron chi connectivity index (χ3n) is 2.37. The maximum atomic E-state index is 5.50. The predicted molar refractivity (Wildman–Crippen MR) is 67.1 cm³/mol. The summed E-state index contributed by atoms with van der Waals surface area (Å²) in [6.45, 7) is 4.71. The van der Waals surface area contributed by atoms with E-state index in [9.17, 15) is 0 Å². The fraction of sp³-hybridized carbons (Fsp3) is 0.250. The Kier molecular flexibility index (Phi) is 2.84. The van der Waals surface area contributed by atoms with Crippen LogP contribution in [0.2, 0.25) is 0 Å². The van der Waals surface area contributed by atoms with E-state index in [-0.39, 0.29) is 0 Å².